The molecule has 3 N–H and O–H groups in total. The Morgan fingerprint density at radius 3 is 2.57 bits per heavy atom. The molecule has 0 saturated carbocycles. The van der Waals surface area contributed by atoms with E-state index in [0.717, 1.165) is 11.3 Å². The number of amides is 1. The Kier molecular flexibility index (Phi) is 5.73. The number of nitrogens with one attached hydrogen (secondary N) is 2. The molecule has 2 aromatic rings. The molecule has 23 heavy (non-hydrogen) atoms. The van der Waals surface area contributed by atoms with E-state index < -0.39 is 0 Å². The van der Waals surface area contributed by atoms with Crippen LogP contribution in [0.15, 0.2) is 48.5 Å². The fourth-order valence-electron chi connectivity index (χ4n) is 2.07. The summed E-state index contributed by atoms with van der Waals surface area (Å²) in [7, 11) is 0. The zero-order valence-electron chi connectivity index (χ0n) is 12.9. The molecule has 0 spiro atoms. The van der Waals surface area contributed by atoms with Crippen LogP contribution >= 0.6 is 0 Å². The summed E-state index contributed by atoms with van der Waals surface area (Å²) in [6.45, 7) is 2.18. The average Bonchev–Trinajstić information content (AvgIpc) is 2.60. The number of aliphatic hydroxyl groups excluding tert-OH is 1. The minimum Gasteiger partial charge on any atom is -0.394 e. The van der Waals surface area contributed by atoms with E-state index in [1.165, 1.54) is 0 Å². The van der Waals surface area contributed by atoms with Crippen molar-refractivity contribution in [3.8, 4) is 6.07 Å². The minimum absolute atomic E-state index is 0.0936. The van der Waals surface area contributed by atoms with Crippen molar-refractivity contribution in [2.75, 3.05) is 11.9 Å². The Morgan fingerprint density at radius 1 is 1.22 bits per heavy atom. The van der Waals surface area contributed by atoms with Crippen LogP contribution in [0.4, 0.5) is 5.69 Å². The van der Waals surface area contributed by atoms with Gasteiger partial charge >= 0.3 is 0 Å². The molecule has 2 aromatic carbocycles. The Balaban J connectivity index is 1.98. The van der Waals surface area contributed by atoms with Crippen molar-refractivity contribution >= 4 is 11.6 Å². The van der Waals surface area contributed by atoms with Crippen molar-refractivity contribution in [3.05, 3.63) is 65.2 Å². The first-order valence-corrected chi connectivity index (χ1v) is 7.37. The predicted octanol–water partition coefficient (Wildman–Crippen LogP) is 2.28. The summed E-state index contributed by atoms with van der Waals surface area (Å²) in [6, 6.07) is 16.4. The highest BCUT2D eigenvalue weighted by molar-refractivity contribution is 5.94. The van der Waals surface area contributed by atoms with E-state index in [2.05, 4.69) is 16.7 Å². The van der Waals surface area contributed by atoms with Gasteiger partial charge in [-0.05, 0) is 42.8 Å². The average molecular weight is 309 g/mol. The maximum Gasteiger partial charge on any atom is 0.251 e. The first-order chi connectivity index (χ1) is 11.1. The van der Waals surface area contributed by atoms with Gasteiger partial charge in [0, 0.05) is 23.8 Å². The number of hydrogen-bond acceptors (Lipinski definition) is 4. The number of benzene rings is 2. The molecular formula is C18H19N3O2. The zero-order chi connectivity index (χ0) is 16.7. The highest BCUT2D eigenvalue weighted by Gasteiger charge is 2.08. The lowest BCUT2D eigenvalue weighted by Gasteiger charge is -2.12. The molecule has 5 nitrogen and oxygen atoms in total. The van der Waals surface area contributed by atoms with E-state index in [1.54, 1.807) is 25.1 Å². The van der Waals surface area contributed by atoms with Crippen molar-refractivity contribution in [2.24, 2.45) is 0 Å². The van der Waals surface area contributed by atoms with Gasteiger partial charge in [0.1, 0.15) is 0 Å². The topological polar surface area (TPSA) is 85.2 Å². The van der Waals surface area contributed by atoms with Gasteiger partial charge in [-0.1, -0.05) is 18.2 Å². The van der Waals surface area contributed by atoms with Gasteiger partial charge in [0.15, 0.2) is 0 Å². The van der Waals surface area contributed by atoms with E-state index in [-0.39, 0.29) is 18.6 Å². The summed E-state index contributed by atoms with van der Waals surface area (Å²) < 4.78 is 0. The zero-order valence-corrected chi connectivity index (χ0v) is 12.9. The molecule has 0 aliphatic carbocycles. The number of rotatable bonds is 6. The predicted molar refractivity (Wildman–Crippen MR) is 88.9 cm³/mol. The number of carbonyl (C=O) groups excluding carboxylic acids is 1. The standard InChI is InChI=1S/C18H19N3O2/c1-13(12-22)21-18(23)14-6-8-17(9-7-14)20-11-16-5-3-2-4-15(16)10-19/h2-9,13,20,22H,11-12H2,1H3,(H,21,23). The largest absolute Gasteiger partial charge is 0.394 e. The van der Waals surface area contributed by atoms with E-state index in [1.807, 2.05) is 30.3 Å². The van der Waals surface area contributed by atoms with Gasteiger partial charge in [0.25, 0.3) is 5.91 Å². The van der Waals surface area contributed by atoms with E-state index in [4.69, 9.17) is 10.4 Å². The molecule has 2 rings (SSSR count). The maximum atomic E-state index is 11.9. The Hall–Kier alpha value is -2.84. The first kappa shape index (κ1) is 16.5. The fourth-order valence-corrected chi connectivity index (χ4v) is 2.07. The highest BCUT2D eigenvalue weighted by atomic mass is 16.3. The van der Waals surface area contributed by atoms with Crippen molar-refractivity contribution in [2.45, 2.75) is 19.5 Å². The van der Waals surface area contributed by atoms with E-state index in [9.17, 15) is 4.79 Å². The summed E-state index contributed by atoms with van der Waals surface area (Å²) in [5, 5.41) is 23.9. The van der Waals surface area contributed by atoms with Crippen LogP contribution in [0.2, 0.25) is 0 Å². The Labute approximate surface area is 135 Å². The monoisotopic (exact) mass is 309 g/mol. The van der Waals surface area contributed by atoms with Crippen LogP contribution in [-0.4, -0.2) is 23.7 Å². The molecule has 0 bridgehead atoms. The molecule has 0 aromatic heterocycles. The van der Waals surface area contributed by atoms with Crippen molar-refractivity contribution < 1.29 is 9.90 Å². The van der Waals surface area contributed by atoms with Gasteiger partial charge in [0.2, 0.25) is 0 Å². The maximum absolute atomic E-state index is 11.9. The summed E-state index contributed by atoms with van der Waals surface area (Å²) >= 11 is 0. The van der Waals surface area contributed by atoms with Crippen LogP contribution in [0.5, 0.6) is 0 Å². The number of nitriles is 1. The SMILES string of the molecule is CC(CO)NC(=O)c1ccc(NCc2ccccc2C#N)cc1. The van der Waals surface area contributed by atoms with Crippen LogP contribution in [-0.2, 0) is 6.54 Å². The third-order valence-electron chi connectivity index (χ3n) is 3.42. The molecule has 0 fully saturated rings. The minimum atomic E-state index is -0.275. The highest BCUT2D eigenvalue weighted by Crippen LogP contribution is 2.13. The van der Waals surface area contributed by atoms with Gasteiger partial charge in [-0.2, -0.15) is 5.26 Å². The molecule has 0 heterocycles. The fraction of sp³-hybridized carbons (Fsp3) is 0.222. The molecule has 0 aliphatic heterocycles. The van der Waals surface area contributed by atoms with Crippen LogP contribution in [0, 0.1) is 11.3 Å². The van der Waals surface area contributed by atoms with Crippen LogP contribution in [0.1, 0.15) is 28.4 Å². The molecule has 118 valence electrons. The second-order valence-electron chi connectivity index (χ2n) is 5.26. The smallest absolute Gasteiger partial charge is 0.251 e. The van der Waals surface area contributed by atoms with Crippen LogP contribution in [0.25, 0.3) is 0 Å². The lowest BCUT2D eigenvalue weighted by atomic mass is 10.1. The molecule has 0 saturated heterocycles. The quantitative estimate of drug-likeness (QED) is 0.764. The summed E-state index contributed by atoms with van der Waals surface area (Å²) in [5.74, 6) is -0.215. The van der Waals surface area contributed by atoms with Crippen molar-refractivity contribution in [1.29, 1.82) is 5.26 Å². The van der Waals surface area contributed by atoms with Gasteiger partial charge in [0.05, 0.1) is 18.2 Å². The number of anilines is 1. The second-order valence-corrected chi connectivity index (χ2v) is 5.26. The number of aliphatic hydroxyl groups is 1. The normalized spacial score (nSPS) is 11.3. The molecule has 5 heteroatoms. The van der Waals surface area contributed by atoms with Gasteiger partial charge in [-0.15, -0.1) is 0 Å². The molecule has 1 amide bonds. The number of carbonyl (C=O) groups is 1. The molecule has 0 aliphatic rings. The third-order valence-corrected chi connectivity index (χ3v) is 3.42. The number of nitrogens with zero attached hydrogens (tertiary/aromatic N) is 1. The van der Waals surface area contributed by atoms with E-state index >= 15 is 0 Å². The third kappa shape index (κ3) is 4.56. The second kappa shape index (κ2) is 7.97. The van der Waals surface area contributed by atoms with Gasteiger partial charge in [-0.25, -0.2) is 0 Å². The molecule has 1 atom stereocenters. The molecule has 1 unspecified atom stereocenters. The van der Waals surface area contributed by atoms with E-state index in [0.29, 0.717) is 17.7 Å². The van der Waals surface area contributed by atoms with Crippen molar-refractivity contribution in [1.82, 2.24) is 5.32 Å². The summed E-state index contributed by atoms with van der Waals surface area (Å²) in [5.41, 5.74) is 2.97. The number of hydrogen-bond donors (Lipinski definition) is 3. The summed E-state index contributed by atoms with van der Waals surface area (Å²) in [6.07, 6.45) is 0. The lowest BCUT2D eigenvalue weighted by Crippen LogP contribution is -2.34. The van der Waals surface area contributed by atoms with Crippen LogP contribution < -0.4 is 10.6 Å². The van der Waals surface area contributed by atoms with Gasteiger partial charge in [-0.3, -0.25) is 4.79 Å². The lowest BCUT2D eigenvalue weighted by molar-refractivity contribution is 0.0922. The summed E-state index contributed by atoms with van der Waals surface area (Å²) in [4.78, 5) is 11.9. The van der Waals surface area contributed by atoms with Gasteiger partial charge < -0.3 is 15.7 Å². The first-order valence-electron chi connectivity index (χ1n) is 7.37. The Bertz CT molecular complexity index is 705. The molecular weight excluding hydrogens is 290 g/mol. The Morgan fingerprint density at radius 2 is 1.91 bits per heavy atom. The van der Waals surface area contributed by atoms with Crippen LogP contribution in [0.3, 0.4) is 0 Å². The molecule has 0 radical (unpaired) electrons. The van der Waals surface area contributed by atoms with Crippen molar-refractivity contribution in [3.63, 3.8) is 0 Å².